The van der Waals surface area contributed by atoms with Crippen molar-refractivity contribution in [3.05, 3.63) is 65.0 Å². The summed E-state index contributed by atoms with van der Waals surface area (Å²) in [7, 11) is 0. The van der Waals surface area contributed by atoms with Crippen LogP contribution < -0.4 is 4.90 Å². The zero-order valence-corrected chi connectivity index (χ0v) is 15.3. The Morgan fingerprint density at radius 1 is 1.00 bits per heavy atom. The van der Waals surface area contributed by atoms with Gasteiger partial charge < -0.3 is 9.80 Å². The van der Waals surface area contributed by atoms with E-state index in [-0.39, 0.29) is 42.3 Å². The number of benzene rings is 2. The number of hydrogen-bond acceptors (Lipinski definition) is 2. The van der Waals surface area contributed by atoms with E-state index in [0.717, 1.165) is 29.8 Å². The molecule has 146 valence electrons. The molecular formula is C21H19F3N2O2. The molecule has 1 fully saturated rings. The number of aryl methyl sites for hydroxylation is 1. The molecule has 0 radical (unpaired) electrons. The van der Waals surface area contributed by atoms with E-state index in [1.165, 1.54) is 23.1 Å². The van der Waals surface area contributed by atoms with Crippen molar-refractivity contribution in [2.45, 2.75) is 25.8 Å². The highest BCUT2D eigenvalue weighted by Gasteiger charge is 2.41. The maximum absolute atomic E-state index is 13.5. The van der Waals surface area contributed by atoms with Crippen LogP contribution in [0.1, 0.15) is 29.3 Å². The Labute approximate surface area is 160 Å². The third-order valence-electron chi connectivity index (χ3n) is 5.50. The van der Waals surface area contributed by atoms with Crippen LogP contribution in [-0.4, -0.2) is 35.8 Å². The lowest BCUT2D eigenvalue weighted by molar-refractivity contribution is -0.126. The molecule has 28 heavy (non-hydrogen) atoms. The van der Waals surface area contributed by atoms with Crippen LogP contribution >= 0.6 is 0 Å². The van der Waals surface area contributed by atoms with Gasteiger partial charge in [-0.2, -0.15) is 0 Å². The largest absolute Gasteiger partial charge is 0.337 e. The molecule has 0 bridgehead atoms. The van der Waals surface area contributed by atoms with Crippen LogP contribution in [0.3, 0.4) is 0 Å². The van der Waals surface area contributed by atoms with Crippen LogP contribution in [0.2, 0.25) is 0 Å². The van der Waals surface area contributed by atoms with E-state index < -0.39 is 17.5 Å². The van der Waals surface area contributed by atoms with Crippen LogP contribution in [0.4, 0.5) is 18.9 Å². The molecule has 2 aromatic rings. The van der Waals surface area contributed by atoms with Gasteiger partial charge in [-0.15, -0.1) is 0 Å². The summed E-state index contributed by atoms with van der Waals surface area (Å²) in [4.78, 5) is 28.6. The fraction of sp³-hybridized carbons (Fsp3) is 0.333. The summed E-state index contributed by atoms with van der Waals surface area (Å²) >= 11 is 0. The van der Waals surface area contributed by atoms with Crippen molar-refractivity contribution in [3.8, 4) is 0 Å². The van der Waals surface area contributed by atoms with Crippen molar-refractivity contribution < 1.29 is 22.8 Å². The van der Waals surface area contributed by atoms with Gasteiger partial charge in [0.1, 0.15) is 5.82 Å². The predicted molar refractivity (Wildman–Crippen MR) is 97.4 cm³/mol. The molecule has 4 nitrogen and oxygen atoms in total. The molecule has 0 aromatic heterocycles. The highest BCUT2D eigenvalue weighted by Crippen LogP contribution is 2.34. The molecular weight excluding hydrogens is 369 g/mol. The number of carbonyl (C=O) groups is 2. The molecule has 2 heterocycles. The summed E-state index contributed by atoms with van der Waals surface area (Å²) in [5.41, 5.74) is 1.58. The Bertz CT molecular complexity index is 957. The Morgan fingerprint density at radius 2 is 1.75 bits per heavy atom. The highest BCUT2D eigenvalue weighted by molar-refractivity contribution is 6.00. The van der Waals surface area contributed by atoms with E-state index in [9.17, 15) is 22.8 Å². The van der Waals surface area contributed by atoms with Gasteiger partial charge in [-0.1, -0.05) is 0 Å². The minimum atomic E-state index is -1.08. The molecule has 7 heteroatoms. The molecule has 0 saturated carbocycles. The molecule has 2 aromatic carbocycles. The number of amides is 2. The van der Waals surface area contributed by atoms with Gasteiger partial charge in [-0.25, -0.2) is 13.2 Å². The predicted octanol–water partition coefficient (Wildman–Crippen LogP) is 3.54. The molecule has 1 atom stereocenters. The molecule has 2 amide bonds. The lowest BCUT2D eigenvalue weighted by atomic mass is 9.91. The van der Waals surface area contributed by atoms with Gasteiger partial charge in [0.2, 0.25) is 5.91 Å². The third kappa shape index (κ3) is 3.15. The second-order valence-corrected chi connectivity index (χ2v) is 7.40. The first-order chi connectivity index (χ1) is 13.3. The second-order valence-electron chi connectivity index (χ2n) is 7.40. The molecule has 4 rings (SSSR count). The third-order valence-corrected chi connectivity index (χ3v) is 5.50. The number of rotatable bonds is 2. The van der Waals surface area contributed by atoms with E-state index in [2.05, 4.69) is 0 Å². The van der Waals surface area contributed by atoms with Crippen LogP contribution in [0, 0.1) is 23.4 Å². The summed E-state index contributed by atoms with van der Waals surface area (Å²) in [5, 5.41) is 0. The number of hydrogen-bond donors (Lipinski definition) is 0. The standard InChI is InChI=1S/C21H19F3N2O2/c1-12-2-3-13-8-16(22)5-7-19(13)26(12)21(28)15-10-25(11-15)20(27)14-4-6-17(23)18(24)9-14/h4-9,12,15H,2-3,10-11H2,1H3. The minimum Gasteiger partial charge on any atom is -0.337 e. The Morgan fingerprint density at radius 3 is 2.46 bits per heavy atom. The molecule has 0 N–H and O–H groups in total. The molecule has 1 unspecified atom stereocenters. The average molecular weight is 388 g/mol. The maximum atomic E-state index is 13.5. The van der Waals surface area contributed by atoms with Gasteiger partial charge in [-0.3, -0.25) is 9.59 Å². The van der Waals surface area contributed by atoms with Gasteiger partial charge in [0.15, 0.2) is 11.6 Å². The average Bonchev–Trinajstić information content (AvgIpc) is 2.62. The maximum Gasteiger partial charge on any atom is 0.254 e. The van der Waals surface area contributed by atoms with Gasteiger partial charge in [0.05, 0.1) is 5.92 Å². The monoisotopic (exact) mass is 388 g/mol. The van der Waals surface area contributed by atoms with Gasteiger partial charge >= 0.3 is 0 Å². The molecule has 0 aliphatic carbocycles. The van der Waals surface area contributed by atoms with E-state index in [0.29, 0.717) is 6.42 Å². The van der Waals surface area contributed by atoms with Crippen molar-refractivity contribution in [3.63, 3.8) is 0 Å². The van der Waals surface area contributed by atoms with Crippen LogP contribution in [0.25, 0.3) is 0 Å². The Hall–Kier alpha value is -2.83. The number of anilines is 1. The van der Waals surface area contributed by atoms with Gasteiger partial charge in [0.25, 0.3) is 5.91 Å². The molecule has 0 spiro atoms. The zero-order chi connectivity index (χ0) is 20.0. The van der Waals surface area contributed by atoms with E-state index in [4.69, 9.17) is 0 Å². The van der Waals surface area contributed by atoms with E-state index in [1.54, 1.807) is 11.0 Å². The van der Waals surface area contributed by atoms with Crippen LogP contribution in [0.5, 0.6) is 0 Å². The Kier molecular flexibility index (Phi) is 4.61. The first-order valence-corrected chi connectivity index (χ1v) is 9.21. The van der Waals surface area contributed by atoms with Crippen molar-refractivity contribution in [2.75, 3.05) is 18.0 Å². The first-order valence-electron chi connectivity index (χ1n) is 9.21. The minimum absolute atomic E-state index is 0.0126. The van der Waals surface area contributed by atoms with Crippen molar-refractivity contribution in [1.29, 1.82) is 0 Å². The topological polar surface area (TPSA) is 40.6 Å². The number of halogens is 3. The summed E-state index contributed by atoms with van der Waals surface area (Å²) in [5.74, 6) is -3.32. The fourth-order valence-electron chi connectivity index (χ4n) is 3.87. The lowest BCUT2D eigenvalue weighted by Gasteiger charge is -2.43. The van der Waals surface area contributed by atoms with E-state index >= 15 is 0 Å². The lowest BCUT2D eigenvalue weighted by Crippen LogP contribution is -2.58. The van der Waals surface area contributed by atoms with E-state index in [1.807, 2.05) is 6.92 Å². The smallest absolute Gasteiger partial charge is 0.254 e. The van der Waals surface area contributed by atoms with Crippen molar-refractivity contribution in [1.82, 2.24) is 4.90 Å². The normalized spacial score (nSPS) is 19.2. The molecule has 1 saturated heterocycles. The van der Waals surface area contributed by atoms with Gasteiger partial charge in [0, 0.05) is 30.4 Å². The van der Waals surface area contributed by atoms with Crippen LogP contribution in [-0.2, 0) is 11.2 Å². The number of fused-ring (bicyclic) bond motifs is 1. The SMILES string of the molecule is CC1CCc2cc(F)ccc2N1C(=O)C1CN(C(=O)c2ccc(F)c(F)c2)C1. The summed E-state index contributed by atoms with van der Waals surface area (Å²) < 4.78 is 39.9. The fourth-order valence-corrected chi connectivity index (χ4v) is 3.87. The summed E-state index contributed by atoms with van der Waals surface area (Å²) in [6.45, 7) is 2.39. The first kappa shape index (κ1) is 18.5. The zero-order valence-electron chi connectivity index (χ0n) is 15.3. The van der Waals surface area contributed by atoms with Gasteiger partial charge in [-0.05, 0) is 61.7 Å². The quantitative estimate of drug-likeness (QED) is 0.790. The number of carbonyl (C=O) groups excluding carboxylic acids is 2. The van der Waals surface area contributed by atoms with Crippen LogP contribution in [0.15, 0.2) is 36.4 Å². The number of nitrogens with zero attached hydrogens (tertiary/aromatic N) is 2. The highest BCUT2D eigenvalue weighted by atomic mass is 19.2. The molecule has 2 aliphatic rings. The second kappa shape index (κ2) is 6.96. The molecule has 2 aliphatic heterocycles. The number of likely N-dealkylation sites (tertiary alicyclic amines) is 1. The Balaban J connectivity index is 1.47. The summed E-state index contributed by atoms with van der Waals surface area (Å²) in [6.07, 6.45) is 1.45. The van der Waals surface area contributed by atoms with Crippen molar-refractivity contribution >= 4 is 17.5 Å². The summed E-state index contributed by atoms with van der Waals surface area (Å²) in [6, 6.07) is 7.43. The van der Waals surface area contributed by atoms with Crippen molar-refractivity contribution in [2.24, 2.45) is 5.92 Å².